The number of aldehydes is 1. The lowest BCUT2D eigenvalue weighted by Gasteiger charge is -2.12. The number of rotatable bonds is 10. The normalized spacial score (nSPS) is 12.5. The Morgan fingerprint density at radius 3 is 2.35 bits per heavy atom. The first-order chi connectivity index (χ1) is 11.1. The highest BCUT2D eigenvalue weighted by atomic mass is 16.5. The van der Waals surface area contributed by atoms with Gasteiger partial charge in [-0.05, 0) is 19.3 Å². The molecule has 0 fully saturated rings. The summed E-state index contributed by atoms with van der Waals surface area (Å²) in [5.41, 5.74) is 0. The Hall–Kier alpha value is -2.51. The fourth-order valence-corrected chi connectivity index (χ4v) is 1.65. The topological polar surface area (TPSA) is 110 Å². The minimum Gasteiger partial charge on any atom is -0.468 e. The maximum absolute atomic E-state index is 11.1. The van der Waals surface area contributed by atoms with Crippen LogP contribution in [0.5, 0.6) is 0 Å². The molecule has 0 aromatic rings. The van der Waals surface area contributed by atoms with Gasteiger partial charge in [-0.1, -0.05) is 0 Å². The van der Waals surface area contributed by atoms with Gasteiger partial charge in [0.1, 0.15) is 6.29 Å². The second kappa shape index (κ2) is 13.2. The van der Waals surface area contributed by atoms with E-state index in [0.717, 1.165) is 25.5 Å². The van der Waals surface area contributed by atoms with Gasteiger partial charge in [-0.15, -0.1) is 0 Å². The van der Waals surface area contributed by atoms with E-state index < -0.39 is 0 Å². The molecular formula is C15H22N2O6. The second-order valence-corrected chi connectivity index (χ2v) is 4.57. The maximum atomic E-state index is 11.1. The highest BCUT2D eigenvalue weighted by Crippen LogP contribution is 2.06. The van der Waals surface area contributed by atoms with Crippen LogP contribution < -0.4 is 5.32 Å². The Balaban J connectivity index is 0.000000515. The van der Waals surface area contributed by atoms with Gasteiger partial charge in [-0.3, -0.25) is 24.1 Å². The van der Waals surface area contributed by atoms with Crippen LogP contribution in [0.4, 0.5) is 0 Å². The molecule has 0 aliphatic carbocycles. The molecule has 0 unspecified atom stereocenters. The predicted molar refractivity (Wildman–Crippen MR) is 81.1 cm³/mol. The SMILES string of the molecule is CNC(=O)CCC=O.O=COCCCCCN1C(=O)C=CC1=O. The third-order valence-electron chi connectivity index (χ3n) is 2.88. The van der Waals surface area contributed by atoms with Crippen LogP contribution in [0, 0.1) is 0 Å². The van der Waals surface area contributed by atoms with Crippen LogP contribution in [0.15, 0.2) is 12.2 Å². The molecule has 0 saturated carbocycles. The number of imide groups is 1. The molecule has 1 aliphatic rings. The van der Waals surface area contributed by atoms with Crippen molar-refractivity contribution >= 4 is 30.5 Å². The fraction of sp³-hybridized carbons (Fsp3) is 0.533. The molecule has 1 heterocycles. The van der Waals surface area contributed by atoms with Crippen molar-refractivity contribution in [1.82, 2.24) is 10.2 Å². The quantitative estimate of drug-likeness (QED) is 0.343. The number of amides is 3. The molecule has 0 aromatic heterocycles. The van der Waals surface area contributed by atoms with Crippen LogP contribution in [0.2, 0.25) is 0 Å². The molecule has 0 atom stereocenters. The van der Waals surface area contributed by atoms with Crippen LogP contribution in [-0.2, 0) is 28.7 Å². The number of hydrogen-bond donors (Lipinski definition) is 1. The van der Waals surface area contributed by atoms with Crippen molar-refractivity contribution in [3.05, 3.63) is 12.2 Å². The number of unbranched alkanes of at least 4 members (excludes halogenated alkanes) is 2. The standard InChI is InChI=1S/C10H13NO4.C5H9NO2/c12-8-15-7-3-1-2-6-11-9(13)4-5-10(11)14;1-6-5(8)3-2-4-7/h4-5,8H,1-3,6-7H2;4H,2-3H2,1H3,(H,6,8). The van der Waals surface area contributed by atoms with Gasteiger partial charge in [0.05, 0.1) is 6.61 Å². The van der Waals surface area contributed by atoms with Gasteiger partial charge in [0.25, 0.3) is 18.3 Å². The lowest BCUT2D eigenvalue weighted by molar-refractivity contribution is -0.136. The molecular weight excluding hydrogens is 304 g/mol. The largest absolute Gasteiger partial charge is 0.468 e. The number of hydrogen-bond acceptors (Lipinski definition) is 6. The van der Waals surface area contributed by atoms with Crippen LogP contribution in [-0.4, -0.2) is 55.6 Å². The molecule has 8 nitrogen and oxygen atoms in total. The zero-order valence-electron chi connectivity index (χ0n) is 13.2. The predicted octanol–water partition coefficient (Wildman–Crippen LogP) is -0.0338. The number of ether oxygens (including phenoxy) is 1. The first kappa shape index (κ1) is 20.5. The Morgan fingerprint density at radius 1 is 1.17 bits per heavy atom. The van der Waals surface area contributed by atoms with E-state index in [-0.39, 0.29) is 17.7 Å². The van der Waals surface area contributed by atoms with Gasteiger partial charge < -0.3 is 14.8 Å². The summed E-state index contributed by atoms with van der Waals surface area (Å²) in [5.74, 6) is -0.578. The molecule has 0 spiro atoms. The van der Waals surface area contributed by atoms with Crippen LogP contribution in [0.3, 0.4) is 0 Å². The molecule has 23 heavy (non-hydrogen) atoms. The average Bonchev–Trinajstić information content (AvgIpc) is 2.88. The fourth-order valence-electron chi connectivity index (χ4n) is 1.65. The monoisotopic (exact) mass is 326 g/mol. The Morgan fingerprint density at radius 2 is 1.83 bits per heavy atom. The minimum atomic E-state index is -0.246. The van der Waals surface area contributed by atoms with Gasteiger partial charge in [-0.2, -0.15) is 0 Å². The molecule has 0 saturated heterocycles. The van der Waals surface area contributed by atoms with E-state index in [1.54, 1.807) is 7.05 Å². The Bertz CT molecular complexity index is 429. The third kappa shape index (κ3) is 9.94. The summed E-state index contributed by atoms with van der Waals surface area (Å²) in [6.07, 6.45) is 6.22. The Labute approximate surface area is 134 Å². The lowest BCUT2D eigenvalue weighted by atomic mass is 10.2. The summed E-state index contributed by atoms with van der Waals surface area (Å²) in [5, 5.41) is 2.40. The summed E-state index contributed by atoms with van der Waals surface area (Å²) in [6, 6.07) is 0. The van der Waals surface area contributed by atoms with E-state index in [2.05, 4.69) is 10.1 Å². The first-order valence-corrected chi connectivity index (χ1v) is 7.29. The molecule has 8 heteroatoms. The highest BCUT2D eigenvalue weighted by Gasteiger charge is 2.21. The molecule has 3 amide bonds. The van der Waals surface area contributed by atoms with Crippen molar-refractivity contribution < 1.29 is 28.7 Å². The Kier molecular flexibility index (Phi) is 11.7. The third-order valence-corrected chi connectivity index (χ3v) is 2.88. The van der Waals surface area contributed by atoms with E-state index in [1.807, 2.05) is 0 Å². The van der Waals surface area contributed by atoms with Crippen molar-refractivity contribution in [3.8, 4) is 0 Å². The van der Waals surface area contributed by atoms with Gasteiger partial charge in [-0.25, -0.2) is 0 Å². The van der Waals surface area contributed by atoms with Gasteiger partial charge >= 0.3 is 0 Å². The molecule has 1 rings (SSSR count). The summed E-state index contributed by atoms with van der Waals surface area (Å²) >= 11 is 0. The summed E-state index contributed by atoms with van der Waals surface area (Å²) < 4.78 is 4.51. The van der Waals surface area contributed by atoms with E-state index in [9.17, 15) is 24.0 Å². The molecule has 0 radical (unpaired) electrons. The molecule has 1 aliphatic heterocycles. The zero-order chi connectivity index (χ0) is 17.5. The number of nitrogens with one attached hydrogen (secondary N) is 1. The molecule has 0 aromatic carbocycles. The van der Waals surface area contributed by atoms with Crippen molar-refractivity contribution in [2.24, 2.45) is 0 Å². The lowest BCUT2D eigenvalue weighted by Crippen LogP contribution is -2.30. The van der Waals surface area contributed by atoms with Gasteiger partial charge in [0, 0.05) is 38.6 Å². The van der Waals surface area contributed by atoms with E-state index >= 15 is 0 Å². The zero-order valence-corrected chi connectivity index (χ0v) is 13.2. The van der Waals surface area contributed by atoms with E-state index in [1.165, 1.54) is 17.1 Å². The summed E-state index contributed by atoms with van der Waals surface area (Å²) in [6.45, 7) is 1.24. The van der Waals surface area contributed by atoms with Gasteiger partial charge in [0.15, 0.2) is 0 Å². The van der Waals surface area contributed by atoms with E-state index in [4.69, 9.17) is 0 Å². The number of carbonyl (C=O) groups is 5. The van der Waals surface area contributed by atoms with Crippen molar-refractivity contribution in [2.75, 3.05) is 20.2 Å². The molecule has 1 N–H and O–H groups in total. The highest BCUT2D eigenvalue weighted by molar-refractivity contribution is 6.12. The van der Waals surface area contributed by atoms with Crippen molar-refractivity contribution in [1.29, 1.82) is 0 Å². The second-order valence-electron chi connectivity index (χ2n) is 4.57. The number of nitrogens with zero attached hydrogens (tertiary/aromatic N) is 1. The van der Waals surface area contributed by atoms with Crippen molar-refractivity contribution in [3.63, 3.8) is 0 Å². The van der Waals surface area contributed by atoms with E-state index in [0.29, 0.717) is 32.5 Å². The van der Waals surface area contributed by atoms with Gasteiger partial charge in [0.2, 0.25) is 5.91 Å². The van der Waals surface area contributed by atoms with Crippen LogP contribution in [0.25, 0.3) is 0 Å². The average molecular weight is 326 g/mol. The van der Waals surface area contributed by atoms with Crippen LogP contribution in [0.1, 0.15) is 32.1 Å². The maximum Gasteiger partial charge on any atom is 0.293 e. The van der Waals surface area contributed by atoms with Crippen LogP contribution >= 0.6 is 0 Å². The summed E-state index contributed by atoms with van der Waals surface area (Å²) in [7, 11) is 1.55. The first-order valence-electron chi connectivity index (χ1n) is 7.29. The smallest absolute Gasteiger partial charge is 0.293 e. The number of carbonyl (C=O) groups excluding carboxylic acids is 5. The van der Waals surface area contributed by atoms with Crippen molar-refractivity contribution in [2.45, 2.75) is 32.1 Å². The molecule has 0 bridgehead atoms. The summed E-state index contributed by atoms with van der Waals surface area (Å²) in [4.78, 5) is 53.2. The molecule has 128 valence electrons. The minimum absolute atomic E-state index is 0.0860.